The quantitative estimate of drug-likeness (QED) is 0.824. The third-order valence-electron chi connectivity index (χ3n) is 4.44. The molecule has 0 saturated heterocycles. The average Bonchev–Trinajstić information content (AvgIpc) is 2.91. The van der Waals surface area contributed by atoms with Crippen molar-refractivity contribution in [3.8, 4) is 0 Å². The molecular formula is C18H26N4O2. The lowest BCUT2D eigenvalue weighted by atomic mass is 9.91. The molecule has 1 aliphatic carbocycles. The van der Waals surface area contributed by atoms with Crippen LogP contribution in [0.2, 0.25) is 0 Å². The lowest BCUT2D eigenvalue weighted by Gasteiger charge is -2.30. The molecule has 0 unspecified atom stereocenters. The monoisotopic (exact) mass is 330 g/mol. The summed E-state index contributed by atoms with van der Waals surface area (Å²) in [5, 5.41) is 8.52. The Bertz CT molecular complexity index is 724. The number of nitrogen functional groups attached to an aromatic ring is 1. The number of nitrogens with one attached hydrogen (secondary N) is 1. The van der Waals surface area contributed by atoms with Crippen LogP contribution in [0.3, 0.4) is 0 Å². The van der Waals surface area contributed by atoms with Crippen molar-refractivity contribution in [2.75, 3.05) is 5.73 Å². The van der Waals surface area contributed by atoms with Gasteiger partial charge in [0.1, 0.15) is 5.60 Å². The molecule has 6 nitrogen and oxygen atoms in total. The van der Waals surface area contributed by atoms with E-state index in [1.807, 2.05) is 39.1 Å². The molecule has 0 aliphatic heterocycles. The van der Waals surface area contributed by atoms with Crippen molar-refractivity contribution < 1.29 is 9.53 Å². The van der Waals surface area contributed by atoms with Gasteiger partial charge in [0.25, 0.3) is 0 Å². The smallest absolute Gasteiger partial charge is 0.407 e. The summed E-state index contributed by atoms with van der Waals surface area (Å²) in [4.78, 5) is 11.9. The van der Waals surface area contributed by atoms with Crippen LogP contribution in [0.5, 0.6) is 0 Å². The van der Waals surface area contributed by atoms with E-state index in [9.17, 15) is 4.79 Å². The van der Waals surface area contributed by atoms with Crippen LogP contribution in [0, 0.1) is 0 Å². The average molecular weight is 330 g/mol. The number of hydrogen-bond acceptors (Lipinski definition) is 4. The second-order valence-electron chi connectivity index (χ2n) is 7.52. The molecule has 0 bridgehead atoms. The number of amides is 1. The Morgan fingerprint density at radius 3 is 2.67 bits per heavy atom. The Labute approximate surface area is 142 Å². The van der Waals surface area contributed by atoms with Gasteiger partial charge in [0, 0.05) is 17.1 Å². The molecule has 1 amide bonds. The Morgan fingerprint density at radius 1 is 1.29 bits per heavy atom. The number of nitrogens with zero attached hydrogens (tertiary/aromatic N) is 2. The predicted molar refractivity (Wildman–Crippen MR) is 94.8 cm³/mol. The van der Waals surface area contributed by atoms with Crippen LogP contribution in [0.25, 0.3) is 10.9 Å². The van der Waals surface area contributed by atoms with E-state index in [1.165, 1.54) is 0 Å². The van der Waals surface area contributed by atoms with Crippen molar-refractivity contribution >= 4 is 22.7 Å². The summed E-state index contributed by atoms with van der Waals surface area (Å²) in [5.41, 5.74) is 7.39. The first-order chi connectivity index (χ1) is 11.3. The van der Waals surface area contributed by atoms with Gasteiger partial charge in [-0.25, -0.2) is 4.79 Å². The fraction of sp³-hybridized carbons (Fsp3) is 0.556. The third-order valence-corrected chi connectivity index (χ3v) is 4.44. The van der Waals surface area contributed by atoms with Crippen LogP contribution in [-0.4, -0.2) is 27.5 Å². The maximum absolute atomic E-state index is 11.9. The molecule has 1 saturated carbocycles. The summed E-state index contributed by atoms with van der Waals surface area (Å²) in [6.45, 7) is 5.62. The van der Waals surface area contributed by atoms with E-state index in [4.69, 9.17) is 10.5 Å². The number of aromatic nitrogens is 2. The molecule has 1 aromatic heterocycles. The highest BCUT2D eigenvalue weighted by Crippen LogP contribution is 2.32. The molecule has 130 valence electrons. The van der Waals surface area contributed by atoms with E-state index in [0.29, 0.717) is 6.04 Å². The molecular weight excluding hydrogens is 304 g/mol. The third kappa shape index (κ3) is 3.63. The van der Waals surface area contributed by atoms with Gasteiger partial charge in [-0.1, -0.05) is 6.07 Å². The first kappa shape index (κ1) is 16.6. The Morgan fingerprint density at radius 2 is 2.00 bits per heavy atom. The normalized spacial score (nSPS) is 21.6. The summed E-state index contributed by atoms with van der Waals surface area (Å²) >= 11 is 0. The summed E-state index contributed by atoms with van der Waals surface area (Å²) in [6.07, 6.45) is 5.32. The van der Waals surface area contributed by atoms with E-state index >= 15 is 0 Å². The second-order valence-corrected chi connectivity index (χ2v) is 7.52. The van der Waals surface area contributed by atoms with Gasteiger partial charge in [-0.05, 0) is 58.6 Å². The highest BCUT2D eigenvalue weighted by Gasteiger charge is 2.26. The Balaban J connectivity index is 1.61. The summed E-state index contributed by atoms with van der Waals surface area (Å²) in [5.74, 6) is 0. The minimum Gasteiger partial charge on any atom is -0.444 e. The number of fused-ring (bicyclic) bond motifs is 1. The molecule has 6 heteroatoms. The van der Waals surface area contributed by atoms with E-state index in [1.54, 1.807) is 0 Å². The number of anilines is 1. The number of hydrogen-bond donors (Lipinski definition) is 2. The molecule has 1 heterocycles. The van der Waals surface area contributed by atoms with Crippen molar-refractivity contribution in [2.24, 2.45) is 0 Å². The predicted octanol–water partition coefficient (Wildman–Crippen LogP) is 3.63. The van der Waals surface area contributed by atoms with Gasteiger partial charge in [0.2, 0.25) is 0 Å². The van der Waals surface area contributed by atoms with Gasteiger partial charge in [-0.2, -0.15) is 5.10 Å². The lowest BCUT2D eigenvalue weighted by molar-refractivity contribution is 0.0487. The van der Waals surface area contributed by atoms with Gasteiger partial charge >= 0.3 is 6.09 Å². The molecule has 0 atom stereocenters. The van der Waals surface area contributed by atoms with Crippen molar-refractivity contribution in [3.63, 3.8) is 0 Å². The number of carbonyl (C=O) groups is 1. The number of benzene rings is 1. The summed E-state index contributed by atoms with van der Waals surface area (Å²) in [7, 11) is 0. The highest BCUT2D eigenvalue weighted by atomic mass is 16.6. The standard InChI is InChI=1S/C18H26N4O2/c1-18(2,3)24-17(23)21-12-7-9-13(10-8-12)22-16-6-4-5-15(19)14(16)11-20-22/h4-6,11-13H,7-10,19H2,1-3H3,(H,21,23). The Kier molecular flexibility index (Phi) is 4.39. The molecule has 1 fully saturated rings. The number of alkyl carbamates (subject to hydrolysis) is 1. The van der Waals surface area contributed by atoms with E-state index in [2.05, 4.69) is 21.2 Å². The molecule has 0 spiro atoms. The van der Waals surface area contributed by atoms with E-state index in [-0.39, 0.29) is 12.1 Å². The van der Waals surface area contributed by atoms with Crippen molar-refractivity contribution in [2.45, 2.75) is 64.1 Å². The largest absolute Gasteiger partial charge is 0.444 e. The maximum Gasteiger partial charge on any atom is 0.407 e. The van der Waals surface area contributed by atoms with Crippen molar-refractivity contribution in [3.05, 3.63) is 24.4 Å². The zero-order valence-corrected chi connectivity index (χ0v) is 14.6. The van der Waals surface area contributed by atoms with Crippen LogP contribution in [0.15, 0.2) is 24.4 Å². The molecule has 1 aromatic carbocycles. The second kappa shape index (κ2) is 6.34. The Hall–Kier alpha value is -2.24. The molecule has 3 rings (SSSR count). The number of carbonyl (C=O) groups excluding carboxylic acids is 1. The minimum absolute atomic E-state index is 0.169. The van der Waals surface area contributed by atoms with Crippen LogP contribution in [0.1, 0.15) is 52.5 Å². The number of ether oxygens (including phenoxy) is 1. The lowest BCUT2D eigenvalue weighted by Crippen LogP contribution is -2.41. The minimum atomic E-state index is -0.463. The van der Waals surface area contributed by atoms with Crippen molar-refractivity contribution in [1.29, 1.82) is 0 Å². The number of rotatable bonds is 2. The fourth-order valence-corrected chi connectivity index (χ4v) is 3.32. The highest BCUT2D eigenvalue weighted by molar-refractivity contribution is 5.90. The summed E-state index contributed by atoms with van der Waals surface area (Å²) in [6, 6.07) is 6.44. The first-order valence-corrected chi connectivity index (χ1v) is 8.55. The van der Waals surface area contributed by atoms with Gasteiger partial charge < -0.3 is 15.8 Å². The van der Waals surface area contributed by atoms with Gasteiger partial charge in [0.15, 0.2) is 0 Å². The van der Waals surface area contributed by atoms with Crippen LogP contribution in [0.4, 0.5) is 10.5 Å². The van der Waals surface area contributed by atoms with Crippen LogP contribution >= 0.6 is 0 Å². The molecule has 1 aliphatic rings. The molecule has 24 heavy (non-hydrogen) atoms. The first-order valence-electron chi connectivity index (χ1n) is 8.55. The van der Waals surface area contributed by atoms with Crippen LogP contribution in [-0.2, 0) is 4.74 Å². The topological polar surface area (TPSA) is 82.2 Å². The molecule has 2 aromatic rings. The van der Waals surface area contributed by atoms with Gasteiger partial charge in [-0.15, -0.1) is 0 Å². The SMILES string of the molecule is CC(C)(C)OC(=O)NC1CCC(n2ncc3c(N)cccc32)CC1. The maximum atomic E-state index is 11.9. The van der Waals surface area contributed by atoms with Crippen LogP contribution < -0.4 is 11.1 Å². The zero-order chi connectivity index (χ0) is 17.3. The zero-order valence-electron chi connectivity index (χ0n) is 14.6. The summed E-state index contributed by atoms with van der Waals surface area (Å²) < 4.78 is 7.41. The van der Waals surface area contributed by atoms with E-state index in [0.717, 1.165) is 42.3 Å². The number of nitrogens with two attached hydrogens (primary N) is 1. The van der Waals surface area contributed by atoms with Crippen molar-refractivity contribution in [1.82, 2.24) is 15.1 Å². The molecule has 3 N–H and O–H groups in total. The van der Waals surface area contributed by atoms with Gasteiger partial charge in [-0.3, -0.25) is 4.68 Å². The van der Waals surface area contributed by atoms with E-state index < -0.39 is 5.60 Å². The fourth-order valence-electron chi connectivity index (χ4n) is 3.32. The molecule has 0 radical (unpaired) electrons. The van der Waals surface area contributed by atoms with Gasteiger partial charge in [0.05, 0.1) is 17.8 Å².